The van der Waals surface area contributed by atoms with E-state index in [9.17, 15) is 0 Å². The number of benzene rings is 1. The minimum atomic E-state index is -0.116. The first-order chi connectivity index (χ1) is 5.08. The van der Waals surface area contributed by atoms with Gasteiger partial charge in [0.15, 0.2) is 0 Å². The van der Waals surface area contributed by atoms with Crippen molar-refractivity contribution in [3.8, 4) is 5.75 Å². The van der Waals surface area contributed by atoms with Gasteiger partial charge in [-0.25, -0.2) is 0 Å². The molecule has 0 aromatic heterocycles. The molecule has 1 nitrogen and oxygen atoms in total. The molecule has 0 saturated carbocycles. The first kappa shape index (κ1) is 15.7. The summed E-state index contributed by atoms with van der Waals surface area (Å²) in [6.45, 7) is 6.08. The normalized spacial score (nSPS) is 9.46. The van der Waals surface area contributed by atoms with Crippen LogP contribution >= 0.6 is 0 Å². The van der Waals surface area contributed by atoms with Gasteiger partial charge in [-0.15, -0.1) is 12.1 Å². The van der Waals surface area contributed by atoms with Gasteiger partial charge < -0.3 is 21.7 Å². The second-order valence-corrected chi connectivity index (χ2v) is 3.45. The zero-order chi connectivity index (χ0) is 8.32. The van der Waals surface area contributed by atoms with Gasteiger partial charge in [0.05, 0.1) is 5.60 Å². The number of rotatable bonds is 1. The summed E-state index contributed by atoms with van der Waals surface area (Å²) < 4.78 is 5.57. The number of hydrogen-bond acceptors (Lipinski definition) is 1. The SMILES string of the molecule is CC(C)(C)Oc1c[c-]ccc1.[Br-].[Mg+2]. The van der Waals surface area contributed by atoms with Gasteiger partial charge in [0.2, 0.25) is 0 Å². The van der Waals surface area contributed by atoms with Gasteiger partial charge in [0, 0.05) is 5.75 Å². The zero-order valence-corrected chi connectivity index (χ0v) is 11.3. The molecule has 0 spiro atoms. The summed E-state index contributed by atoms with van der Waals surface area (Å²) in [5, 5.41) is 0. The Hall–Kier alpha value is 0.266. The molecule has 0 unspecified atom stereocenters. The molecule has 0 aliphatic rings. The summed E-state index contributed by atoms with van der Waals surface area (Å²) in [6, 6.07) is 10.5. The number of hydrogen-bond donors (Lipinski definition) is 0. The second kappa shape index (κ2) is 6.68. The summed E-state index contributed by atoms with van der Waals surface area (Å²) >= 11 is 0. The second-order valence-electron chi connectivity index (χ2n) is 3.45. The first-order valence-corrected chi connectivity index (χ1v) is 3.73. The van der Waals surface area contributed by atoms with E-state index in [0.29, 0.717) is 0 Å². The average molecular weight is 253 g/mol. The van der Waals surface area contributed by atoms with Crippen LogP contribution in [-0.2, 0) is 0 Å². The van der Waals surface area contributed by atoms with Crippen molar-refractivity contribution in [3.63, 3.8) is 0 Å². The summed E-state index contributed by atoms with van der Waals surface area (Å²) in [4.78, 5) is 0. The predicted molar refractivity (Wildman–Crippen MR) is 51.4 cm³/mol. The van der Waals surface area contributed by atoms with Crippen LogP contribution in [0.15, 0.2) is 24.3 Å². The minimum absolute atomic E-state index is 0. The standard InChI is InChI=1S/C10H13O.BrH.Mg/c1-10(2,3)11-9-7-5-4-6-8-9;;/h4-5,7-8H,1-3H3;1H;/q-1;;+2/p-1. The zero-order valence-electron chi connectivity index (χ0n) is 8.30. The minimum Gasteiger partial charge on any atom is -1.00 e. The maximum Gasteiger partial charge on any atom is 2.00 e. The van der Waals surface area contributed by atoms with E-state index in [1.807, 2.05) is 45.0 Å². The maximum absolute atomic E-state index is 5.57. The van der Waals surface area contributed by atoms with Gasteiger partial charge in [-0.05, 0) is 20.8 Å². The quantitative estimate of drug-likeness (QED) is 0.474. The van der Waals surface area contributed by atoms with Crippen LogP contribution in [0.4, 0.5) is 0 Å². The fourth-order valence-corrected chi connectivity index (χ4v) is 0.794. The molecule has 0 saturated heterocycles. The molecule has 1 rings (SSSR count). The molecule has 68 valence electrons. The summed E-state index contributed by atoms with van der Waals surface area (Å²) in [6.07, 6.45) is 0. The Labute approximate surface area is 107 Å². The molecule has 1 aromatic carbocycles. The largest absolute Gasteiger partial charge is 2.00 e. The average Bonchev–Trinajstić information content (AvgIpc) is 1.85. The maximum atomic E-state index is 5.57. The predicted octanol–water partition coefficient (Wildman–Crippen LogP) is -0.713. The van der Waals surface area contributed by atoms with E-state index in [1.165, 1.54) is 0 Å². The third-order valence-corrected chi connectivity index (χ3v) is 1.10. The van der Waals surface area contributed by atoms with Gasteiger partial charge in [-0.2, -0.15) is 18.2 Å². The Kier molecular flexibility index (Phi) is 8.08. The summed E-state index contributed by atoms with van der Waals surface area (Å²) in [7, 11) is 0. The van der Waals surface area contributed by atoms with Gasteiger partial charge in [-0.1, -0.05) is 0 Å². The van der Waals surface area contributed by atoms with E-state index in [0.717, 1.165) is 5.75 Å². The molecule has 0 N–H and O–H groups in total. The Morgan fingerprint density at radius 3 is 2.31 bits per heavy atom. The van der Waals surface area contributed by atoms with Crippen molar-refractivity contribution in [3.05, 3.63) is 30.3 Å². The van der Waals surface area contributed by atoms with E-state index in [-0.39, 0.29) is 45.6 Å². The fraction of sp³-hybridized carbons (Fsp3) is 0.400. The molecule has 13 heavy (non-hydrogen) atoms. The molecule has 0 radical (unpaired) electrons. The van der Waals surface area contributed by atoms with Crippen LogP contribution < -0.4 is 21.7 Å². The van der Waals surface area contributed by atoms with Crippen LogP contribution in [-0.4, -0.2) is 28.7 Å². The summed E-state index contributed by atoms with van der Waals surface area (Å²) in [5.41, 5.74) is -0.116. The molecule has 3 heteroatoms. The third kappa shape index (κ3) is 7.35. The molecule has 1 aromatic rings. The first-order valence-electron chi connectivity index (χ1n) is 3.73. The van der Waals surface area contributed by atoms with Gasteiger partial charge >= 0.3 is 23.1 Å². The van der Waals surface area contributed by atoms with Crippen LogP contribution in [0.25, 0.3) is 0 Å². The van der Waals surface area contributed by atoms with Crippen LogP contribution in [0, 0.1) is 6.07 Å². The third-order valence-electron chi connectivity index (χ3n) is 1.10. The Balaban J connectivity index is 0. The van der Waals surface area contributed by atoms with Crippen LogP contribution in [0.1, 0.15) is 20.8 Å². The number of halogens is 1. The number of ether oxygens (including phenoxy) is 1. The van der Waals surface area contributed by atoms with Crippen molar-refractivity contribution in [2.24, 2.45) is 0 Å². The Morgan fingerprint density at radius 1 is 1.31 bits per heavy atom. The van der Waals surface area contributed by atoms with E-state index < -0.39 is 0 Å². The van der Waals surface area contributed by atoms with E-state index >= 15 is 0 Å². The van der Waals surface area contributed by atoms with Crippen LogP contribution in [0.5, 0.6) is 5.75 Å². The Bertz CT molecular complexity index is 218. The smallest absolute Gasteiger partial charge is 1.00 e. The van der Waals surface area contributed by atoms with Gasteiger partial charge in [0.25, 0.3) is 0 Å². The van der Waals surface area contributed by atoms with Crippen LogP contribution in [0.3, 0.4) is 0 Å². The molecule has 0 heterocycles. The molecule has 0 aliphatic carbocycles. The molecule has 0 bridgehead atoms. The monoisotopic (exact) mass is 252 g/mol. The molecular weight excluding hydrogens is 240 g/mol. The van der Waals surface area contributed by atoms with Crippen molar-refractivity contribution in [2.75, 3.05) is 0 Å². The van der Waals surface area contributed by atoms with Crippen molar-refractivity contribution in [1.29, 1.82) is 0 Å². The van der Waals surface area contributed by atoms with Crippen molar-refractivity contribution in [1.82, 2.24) is 0 Å². The van der Waals surface area contributed by atoms with Crippen molar-refractivity contribution >= 4 is 23.1 Å². The van der Waals surface area contributed by atoms with E-state index in [1.54, 1.807) is 0 Å². The van der Waals surface area contributed by atoms with Gasteiger partial charge in [0.1, 0.15) is 0 Å². The molecular formula is C10H13BrMgO. The van der Waals surface area contributed by atoms with E-state index in [2.05, 4.69) is 6.07 Å². The molecule has 0 amide bonds. The molecule has 0 aliphatic heterocycles. The van der Waals surface area contributed by atoms with Crippen molar-refractivity contribution in [2.45, 2.75) is 26.4 Å². The fourth-order valence-electron chi connectivity index (χ4n) is 0.794. The van der Waals surface area contributed by atoms with E-state index in [4.69, 9.17) is 4.74 Å². The topological polar surface area (TPSA) is 9.23 Å². The Morgan fingerprint density at radius 2 is 1.92 bits per heavy atom. The van der Waals surface area contributed by atoms with Crippen LogP contribution in [0.2, 0.25) is 0 Å². The summed E-state index contributed by atoms with van der Waals surface area (Å²) in [5.74, 6) is 0.875. The molecule has 0 fully saturated rings. The van der Waals surface area contributed by atoms with Crippen molar-refractivity contribution < 1.29 is 21.7 Å². The van der Waals surface area contributed by atoms with Gasteiger partial charge in [-0.3, -0.25) is 0 Å². The molecule has 0 atom stereocenters.